The van der Waals surface area contributed by atoms with E-state index >= 15 is 0 Å². The van der Waals surface area contributed by atoms with Crippen molar-refractivity contribution >= 4 is 29.1 Å². The summed E-state index contributed by atoms with van der Waals surface area (Å²) < 4.78 is 0. The number of benzene rings is 2. The number of aromatic nitrogens is 1. The molecule has 6 nitrogen and oxygen atoms in total. The number of para-hydroxylation sites is 1. The number of aromatic amines is 1. The number of hydrogen-bond donors (Lipinski definition) is 2. The van der Waals surface area contributed by atoms with E-state index in [2.05, 4.69) is 15.4 Å². The monoisotopic (exact) mass is 346 g/mol. The molecule has 0 unspecified atom stereocenters. The summed E-state index contributed by atoms with van der Waals surface area (Å²) >= 11 is 0. The lowest BCUT2D eigenvalue weighted by atomic mass is 9.92. The molecule has 1 aliphatic rings. The molecule has 0 spiro atoms. The van der Waals surface area contributed by atoms with E-state index in [-0.39, 0.29) is 0 Å². The van der Waals surface area contributed by atoms with Gasteiger partial charge >= 0.3 is 6.03 Å². The van der Waals surface area contributed by atoms with E-state index in [1.165, 1.54) is 0 Å². The first kappa shape index (κ1) is 16.1. The fourth-order valence-corrected chi connectivity index (χ4v) is 3.28. The van der Waals surface area contributed by atoms with Gasteiger partial charge in [-0.25, -0.2) is 4.79 Å². The summed E-state index contributed by atoms with van der Waals surface area (Å²) in [4.78, 5) is 28.5. The topological polar surface area (TPSA) is 77.6 Å². The number of aryl methyl sites for hydroxylation is 1. The minimum Gasteiger partial charge on any atom is -0.358 e. The van der Waals surface area contributed by atoms with Gasteiger partial charge in [0.25, 0.3) is 5.91 Å². The molecule has 1 fully saturated rings. The lowest BCUT2D eigenvalue weighted by Crippen LogP contribution is -2.40. The highest BCUT2D eigenvalue weighted by atomic mass is 16.2. The van der Waals surface area contributed by atoms with Gasteiger partial charge in [0, 0.05) is 22.2 Å². The molecule has 0 radical (unpaired) electrons. The van der Waals surface area contributed by atoms with Crippen molar-refractivity contribution in [1.82, 2.24) is 15.3 Å². The number of carbonyl (C=O) groups is 2. The number of H-pyrrole nitrogens is 1. The lowest BCUT2D eigenvalue weighted by molar-refractivity contribution is -0.131. The molecule has 0 saturated carbocycles. The van der Waals surface area contributed by atoms with Gasteiger partial charge in [-0.05, 0) is 25.5 Å². The van der Waals surface area contributed by atoms with E-state index < -0.39 is 17.5 Å². The highest BCUT2D eigenvalue weighted by molar-refractivity contribution is 6.08. The quantitative estimate of drug-likeness (QED) is 0.564. The number of hydrazone groups is 1. The number of nitrogens with one attached hydrogen (secondary N) is 2. The summed E-state index contributed by atoms with van der Waals surface area (Å²) in [5, 5.41) is 8.82. The minimum absolute atomic E-state index is 0.401. The molecule has 3 amide bonds. The Kier molecular flexibility index (Phi) is 3.61. The van der Waals surface area contributed by atoms with Crippen LogP contribution in [-0.2, 0) is 10.3 Å². The molecular formula is C20H18N4O2. The maximum atomic E-state index is 12.9. The summed E-state index contributed by atoms with van der Waals surface area (Å²) in [6, 6.07) is 16.5. The van der Waals surface area contributed by atoms with Crippen LogP contribution in [0.25, 0.3) is 10.9 Å². The fraction of sp³-hybridized carbons (Fsp3) is 0.150. The molecule has 3 aromatic rings. The highest BCUT2D eigenvalue weighted by Gasteiger charge is 2.49. The molecule has 1 aromatic heterocycles. The SMILES string of the molecule is Cc1[nH]c2ccccc2c1/C=N/N1C(=O)N[C@](C)(c2ccccc2)C1=O. The van der Waals surface area contributed by atoms with Gasteiger partial charge in [-0.1, -0.05) is 48.5 Å². The molecule has 2 heterocycles. The summed E-state index contributed by atoms with van der Waals surface area (Å²) in [6.45, 7) is 3.62. The Hall–Kier alpha value is -3.41. The van der Waals surface area contributed by atoms with E-state index in [9.17, 15) is 9.59 Å². The zero-order chi connectivity index (χ0) is 18.3. The molecule has 0 aliphatic carbocycles. The predicted octanol–water partition coefficient (Wildman–Crippen LogP) is 3.28. The van der Waals surface area contributed by atoms with E-state index in [1.54, 1.807) is 13.1 Å². The third-order valence-corrected chi connectivity index (χ3v) is 4.77. The summed E-state index contributed by atoms with van der Waals surface area (Å²) in [7, 11) is 0. The van der Waals surface area contributed by atoms with E-state index in [0.717, 1.165) is 32.7 Å². The Morgan fingerprint density at radius 2 is 1.73 bits per heavy atom. The van der Waals surface area contributed by atoms with Crippen molar-refractivity contribution in [3.8, 4) is 0 Å². The molecule has 4 rings (SSSR count). The van der Waals surface area contributed by atoms with Crippen molar-refractivity contribution in [3.05, 3.63) is 71.4 Å². The molecule has 1 atom stereocenters. The van der Waals surface area contributed by atoms with Gasteiger partial charge in [-0.3, -0.25) is 4.79 Å². The van der Waals surface area contributed by atoms with Gasteiger partial charge in [0.1, 0.15) is 5.54 Å². The normalized spacial score (nSPS) is 20.3. The van der Waals surface area contributed by atoms with Gasteiger partial charge in [0.2, 0.25) is 0 Å². The van der Waals surface area contributed by atoms with Gasteiger partial charge in [0.05, 0.1) is 6.21 Å². The summed E-state index contributed by atoms with van der Waals surface area (Å²) in [5.74, 6) is -0.401. The van der Waals surface area contributed by atoms with Crippen LogP contribution in [0, 0.1) is 6.92 Å². The van der Waals surface area contributed by atoms with Crippen molar-refractivity contribution < 1.29 is 9.59 Å². The molecule has 1 aliphatic heterocycles. The smallest absolute Gasteiger partial charge is 0.346 e. The van der Waals surface area contributed by atoms with Crippen LogP contribution in [0.1, 0.15) is 23.7 Å². The average molecular weight is 346 g/mol. The van der Waals surface area contributed by atoms with Crippen molar-refractivity contribution in [1.29, 1.82) is 0 Å². The first-order valence-corrected chi connectivity index (χ1v) is 8.34. The molecular weight excluding hydrogens is 328 g/mol. The maximum Gasteiger partial charge on any atom is 0.346 e. The van der Waals surface area contributed by atoms with E-state index in [4.69, 9.17) is 0 Å². The standard InChI is InChI=1S/C20H18N4O2/c1-13-16(15-10-6-7-11-17(15)22-13)12-21-24-18(25)20(2,23-19(24)26)14-8-4-3-5-9-14/h3-12,22H,1-2H3,(H,23,26)/b21-12+/t20-/m1/s1. The third kappa shape index (κ3) is 2.38. The molecule has 2 N–H and O–H groups in total. The second kappa shape index (κ2) is 5.84. The summed E-state index contributed by atoms with van der Waals surface area (Å²) in [6.07, 6.45) is 1.56. The number of rotatable bonds is 3. The first-order chi connectivity index (χ1) is 12.5. The fourth-order valence-electron chi connectivity index (χ4n) is 3.28. The molecule has 2 aromatic carbocycles. The Labute approximate surface area is 150 Å². The number of imide groups is 1. The van der Waals surface area contributed by atoms with Crippen LogP contribution in [-0.4, -0.2) is 28.1 Å². The first-order valence-electron chi connectivity index (χ1n) is 8.34. The Morgan fingerprint density at radius 3 is 2.50 bits per heavy atom. The number of fused-ring (bicyclic) bond motifs is 1. The van der Waals surface area contributed by atoms with Gasteiger partial charge < -0.3 is 10.3 Å². The van der Waals surface area contributed by atoms with E-state index in [0.29, 0.717) is 0 Å². The number of nitrogens with zero attached hydrogens (tertiary/aromatic N) is 2. The van der Waals surface area contributed by atoms with Crippen molar-refractivity contribution in [2.75, 3.05) is 0 Å². The van der Waals surface area contributed by atoms with Crippen LogP contribution in [0.3, 0.4) is 0 Å². The molecule has 26 heavy (non-hydrogen) atoms. The second-order valence-corrected chi connectivity index (χ2v) is 6.49. The predicted molar refractivity (Wildman–Crippen MR) is 99.8 cm³/mol. The van der Waals surface area contributed by atoms with Crippen molar-refractivity contribution in [3.63, 3.8) is 0 Å². The summed E-state index contributed by atoms with van der Waals surface area (Å²) in [5.41, 5.74) is 2.37. The molecule has 6 heteroatoms. The Balaban J connectivity index is 1.68. The number of urea groups is 1. The lowest BCUT2D eigenvalue weighted by Gasteiger charge is -2.20. The van der Waals surface area contributed by atoms with Crippen LogP contribution in [0.15, 0.2) is 59.7 Å². The number of amides is 3. The second-order valence-electron chi connectivity index (χ2n) is 6.49. The number of carbonyl (C=O) groups excluding carboxylic acids is 2. The number of hydrogen-bond acceptors (Lipinski definition) is 3. The molecule has 130 valence electrons. The largest absolute Gasteiger partial charge is 0.358 e. The maximum absolute atomic E-state index is 12.9. The zero-order valence-electron chi connectivity index (χ0n) is 14.5. The van der Waals surface area contributed by atoms with Gasteiger partial charge in [-0.2, -0.15) is 5.10 Å². The van der Waals surface area contributed by atoms with Crippen molar-refractivity contribution in [2.45, 2.75) is 19.4 Å². The van der Waals surface area contributed by atoms with Crippen molar-refractivity contribution in [2.24, 2.45) is 5.10 Å². The third-order valence-electron chi connectivity index (χ3n) is 4.77. The molecule has 1 saturated heterocycles. The van der Waals surface area contributed by atoms with Crippen LogP contribution < -0.4 is 5.32 Å². The van der Waals surface area contributed by atoms with Crippen LogP contribution in [0.5, 0.6) is 0 Å². The Morgan fingerprint density at radius 1 is 1.04 bits per heavy atom. The van der Waals surface area contributed by atoms with Gasteiger partial charge in [0.15, 0.2) is 0 Å². The van der Waals surface area contributed by atoms with Crippen LogP contribution in [0.4, 0.5) is 4.79 Å². The minimum atomic E-state index is -1.12. The highest BCUT2D eigenvalue weighted by Crippen LogP contribution is 2.29. The van der Waals surface area contributed by atoms with Crippen LogP contribution in [0.2, 0.25) is 0 Å². The van der Waals surface area contributed by atoms with Crippen LogP contribution >= 0.6 is 0 Å². The average Bonchev–Trinajstić information content (AvgIpc) is 3.08. The Bertz CT molecular complexity index is 1040. The molecule has 0 bridgehead atoms. The van der Waals surface area contributed by atoms with Gasteiger partial charge in [-0.15, -0.1) is 5.01 Å². The van der Waals surface area contributed by atoms with E-state index in [1.807, 2.05) is 61.5 Å². The zero-order valence-corrected chi connectivity index (χ0v) is 14.5.